The Morgan fingerprint density at radius 1 is 1.20 bits per heavy atom. The van der Waals surface area contributed by atoms with Crippen molar-refractivity contribution in [2.75, 3.05) is 38.7 Å². The molecule has 0 spiro atoms. The lowest BCUT2D eigenvalue weighted by Crippen LogP contribution is -2.53. The highest BCUT2D eigenvalue weighted by atomic mass is 19.3. The summed E-state index contributed by atoms with van der Waals surface area (Å²) in [5.74, 6) is 0.972. The molecule has 0 unspecified atom stereocenters. The molecule has 1 N–H and O–H groups in total. The Labute approximate surface area is 200 Å². The second-order valence-corrected chi connectivity index (χ2v) is 9.10. The van der Waals surface area contributed by atoms with Gasteiger partial charge in [-0.3, -0.25) is 4.90 Å². The minimum atomic E-state index is -2.45. The third-order valence-corrected chi connectivity index (χ3v) is 6.94. The fourth-order valence-corrected chi connectivity index (χ4v) is 4.97. The normalized spacial score (nSPS) is 17.9. The van der Waals surface area contributed by atoms with Gasteiger partial charge in [-0.05, 0) is 36.6 Å². The van der Waals surface area contributed by atoms with E-state index < -0.39 is 13.0 Å². The van der Waals surface area contributed by atoms with E-state index in [0.29, 0.717) is 34.9 Å². The third kappa shape index (κ3) is 4.19. The molecule has 6 rings (SSSR count). The molecule has 0 bridgehead atoms. The summed E-state index contributed by atoms with van der Waals surface area (Å²) >= 11 is 0. The van der Waals surface area contributed by atoms with Crippen LogP contribution in [0.3, 0.4) is 0 Å². The molecule has 2 aliphatic rings. The van der Waals surface area contributed by atoms with E-state index in [2.05, 4.69) is 25.3 Å². The van der Waals surface area contributed by atoms with Crippen LogP contribution in [0.25, 0.3) is 27.7 Å². The maximum atomic E-state index is 13.0. The molecule has 0 radical (unpaired) electrons. The number of piperidine rings is 1. The molecule has 0 aliphatic carbocycles. The predicted molar refractivity (Wildman–Crippen MR) is 127 cm³/mol. The van der Waals surface area contributed by atoms with Gasteiger partial charge in [-0.25, -0.2) is 18.3 Å². The molecular formula is C24H27F2N7O2. The van der Waals surface area contributed by atoms with Crippen LogP contribution >= 0.6 is 0 Å². The van der Waals surface area contributed by atoms with Crippen LogP contribution in [-0.4, -0.2) is 81.0 Å². The van der Waals surface area contributed by atoms with Gasteiger partial charge in [-0.1, -0.05) is 6.07 Å². The number of methoxy groups -OCH3 is 1. The zero-order valence-corrected chi connectivity index (χ0v) is 19.4. The zero-order valence-electron chi connectivity index (χ0n) is 19.4. The second kappa shape index (κ2) is 9.04. The number of likely N-dealkylation sites (tertiary alicyclic amines) is 1. The summed E-state index contributed by atoms with van der Waals surface area (Å²) in [6.45, 7) is 3.34. The number of imidazole rings is 1. The molecule has 9 nitrogen and oxygen atoms in total. The van der Waals surface area contributed by atoms with Crippen molar-refractivity contribution >= 4 is 22.5 Å². The van der Waals surface area contributed by atoms with E-state index in [1.165, 1.54) is 10.9 Å². The Balaban J connectivity index is 1.27. The van der Waals surface area contributed by atoms with Gasteiger partial charge in [0.15, 0.2) is 0 Å². The minimum absolute atomic E-state index is 0.293. The van der Waals surface area contributed by atoms with Crippen LogP contribution in [0.5, 0.6) is 5.88 Å². The van der Waals surface area contributed by atoms with Crippen molar-refractivity contribution < 1.29 is 18.3 Å². The minimum Gasteiger partial charge on any atom is -0.479 e. The first-order chi connectivity index (χ1) is 17.1. The molecule has 3 aromatic heterocycles. The van der Waals surface area contributed by atoms with Crippen LogP contribution in [-0.2, 0) is 11.3 Å². The average molecular weight is 484 g/mol. The maximum Gasteiger partial charge on any atom is 0.256 e. The Morgan fingerprint density at radius 2 is 2.03 bits per heavy atom. The van der Waals surface area contributed by atoms with Crippen molar-refractivity contribution in [3.63, 3.8) is 0 Å². The van der Waals surface area contributed by atoms with E-state index in [0.717, 1.165) is 55.8 Å². The van der Waals surface area contributed by atoms with E-state index >= 15 is 0 Å². The van der Waals surface area contributed by atoms with Gasteiger partial charge in [0.25, 0.3) is 6.43 Å². The highest BCUT2D eigenvalue weighted by Gasteiger charge is 2.30. The van der Waals surface area contributed by atoms with Crippen LogP contribution < -0.4 is 10.1 Å². The highest BCUT2D eigenvalue weighted by molar-refractivity contribution is 5.89. The number of hydrogen-bond donors (Lipinski definition) is 1. The predicted octanol–water partition coefficient (Wildman–Crippen LogP) is 3.29. The van der Waals surface area contributed by atoms with Crippen molar-refractivity contribution in [3.8, 4) is 17.0 Å². The van der Waals surface area contributed by atoms with E-state index in [1.54, 1.807) is 11.6 Å². The Bertz CT molecular complexity index is 1340. The first kappa shape index (κ1) is 22.2. The summed E-state index contributed by atoms with van der Waals surface area (Å²) < 4.78 is 40.2. The molecule has 0 amide bonds. The van der Waals surface area contributed by atoms with Crippen molar-refractivity contribution in [3.05, 3.63) is 36.8 Å². The zero-order chi connectivity index (χ0) is 23.9. The average Bonchev–Trinajstić information content (AvgIpc) is 3.42. The number of alkyl halides is 2. The van der Waals surface area contributed by atoms with Gasteiger partial charge in [-0.2, -0.15) is 4.98 Å². The lowest BCUT2D eigenvalue weighted by Gasteiger charge is -2.41. The quantitative estimate of drug-likeness (QED) is 0.432. The molecule has 35 heavy (non-hydrogen) atoms. The number of anilines is 1. The Morgan fingerprint density at radius 3 is 2.74 bits per heavy atom. The van der Waals surface area contributed by atoms with Crippen LogP contribution in [0.2, 0.25) is 0 Å². The first-order valence-electron chi connectivity index (χ1n) is 11.8. The molecule has 184 valence electrons. The molecule has 11 heteroatoms. The van der Waals surface area contributed by atoms with Crippen molar-refractivity contribution in [1.82, 2.24) is 29.0 Å². The van der Waals surface area contributed by atoms with Gasteiger partial charge < -0.3 is 19.4 Å². The van der Waals surface area contributed by atoms with E-state index in [-0.39, 0.29) is 0 Å². The topological polar surface area (TPSA) is 81.7 Å². The number of hydrogen-bond acceptors (Lipinski definition) is 7. The molecule has 2 fully saturated rings. The molecule has 2 aliphatic heterocycles. The van der Waals surface area contributed by atoms with Crippen molar-refractivity contribution in [1.29, 1.82) is 0 Å². The number of fused-ring (bicyclic) bond motifs is 2. The van der Waals surface area contributed by atoms with Gasteiger partial charge in [0, 0.05) is 30.9 Å². The van der Waals surface area contributed by atoms with Crippen LogP contribution in [0.4, 0.5) is 14.7 Å². The van der Waals surface area contributed by atoms with Crippen LogP contribution in [0.1, 0.15) is 12.8 Å². The van der Waals surface area contributed by atoms with Gasteiger partial charge in [0.2, 0.25) is 11.8 Å². The van der Waals surface area contributed by atoms with E-state index in [4.69, 9.17) is 9.47 Å². The molecule has 5 heterocycles. The molecule has 0 atom stereocenters. The number of benzene rings is 1. The molecule has 4 aromatic rings. The first-order valence-corrected chi connectivity index (χ1v) is 11.8. The van der Waals surface area contributed by atoms with E-state index in [9.17, 15) is 8.78 Å². The number of nitrogens with zero attached hydrogens (tertiary/aromatic N) is 6. The monoisotopic (exact) mass is 483 g/mol. The lowest BCUT2D eigenvalue weighted by molar-refractivity contribution is -0.0705. The van der Waals surface area contributed by atoms with Gasteiger partial charge in [-0.15, -0.1) is 5.10 Å². The fourth-order valence-electron chi connectivity index (χ4n) is 4.97. The summed E-state index contributed by atoms with van der Waals surface area (Å²) in [5.41, 5.74) is 3.75. The van der Waals surface area contributed by atoms with Crippen LogP contribution in [0.15, 0.2) is 36.8 Å². The van der Waals surface area contributed by atoms with E-state index in [1.807, 2.05) is 30.5 Å². The van der Waals surface area contributed by atoms with Gasteiger partial charge in [0.1, 0.15) is 5.52 Å². The molecule has 2 saturated heterocycles. The van der Waals surface area contributed by atoms with Crippen molar-refractivity contribution in [2.24, 2.45) is 0 Å². The Kier molecular flexibility index (Phi) is 5.73. The summed E-state index contributed by atoms with van der Waals surface area (Å²) in [6, 6.07) is 8.42. The molecular weight excluding hydrogens is 456 g/mol. The fraction of sp³-hybridized carbons (Fsp3) is 0.458. The number of nitrogens with one attached hydrogen (secondary N) is 1. The Hall–Kier alpha value is -3.31. The molecule has 1 aromatic carbocycles. The van der Waals surface area contributed by atoms with Crippen molar-refractivity contribution in [2.45, 2.75) is 37.9 Å². The van der Waals surface area contributed by atoms with Crippen LogP contribution in [0, 0.1) is 0 Å². The largest absolute Gasteiger partial charge is 0.479 e. The highest BCUT2D eigenvalue weighted by Crippen LogP contribution is 2.33. The smallest absolute Gasteiger partial charge is 0.256 e. The third-order valence-electron chi connectivity index (χ3n) is 6.94. The maximum absolute atomic E-state index is 13.0. The standard InChI is InChI=1S/C24H27F2N7O2/c1-34-23-22-18(15-2-3-19-20(10-15)32(14-27-19)11-21(25)26)6-9-33(22)30-24(29-23)28-16-4-7-31(8-5-16)17-12-35-13-17/h2-3,6,9-10,14,16-17,21H,4-5,7-8,11-13H2,1H3,(H,28,30). The van der Waals surface area contributed by atoms with Gasteiger partial charge in [0.05, 0.1) is 50.3 Å². The SMILES string of the molecule is COc1nc(NC2CCN(C3COC3)CC2)nn2ccc(-c3ccc4ncn(CC(F)F)c4c3)c12. The second-order valence-electron chi connectivity index (χ2n) is 9.10. The summed E-state index contributed by atoms with van der Waals surface area (Å²) in [5, 5.41) is 8.15. The number of aromatic nitrogens is 5. The van der Waals surface area contributed by atoms with Gasteiger partial charge >= 0.3 is 0 Å². The lowest BCUT2D eigenvalue weighted by atomic mass is 10.0. The molecule has 0 saturated carbocycles. The summed E-state index contributed by atoms with van der Waals surface area (Å²) in [7, 11) is 1.59. The number of rotatable bonds is 7. The summed E-state index contributed by atoms with van der Waals surface area (Å²) in [6.07, 6.45) is 2.89. The summed E-state index contributed by atoms with van der Waals surface area (Å²) in [4.78, 5) is 11.4. The number of halogens is 2. The number of ether oxygens (including phenoxy) is 2.